The largest absolute Gasteiger partial charge is 0.444 e. The summed E-state index contributed by atoms with van der Waals surface area (Å²) in [5.41, 5.74) is -0.938. The molecule has 1 aliphatic rings. The molecule has 0 N–H and O–H groups in total. The summed E-state index contributed by atoms with van der Waals surface area (Å²) < 4.78 is 5.55. The normalized spacial score (nSPS) is 24.6. The summed E-state index contributed by atoms with van der Waals surface area (Å²) in [4.78, 5) is 18.7. The summed E-state index contributed by atoms with van der Waals surface area (Å²) in [5, 5.41) is 0. The van der Waals surface area contributed by atoms with Crippen LogP contribution < -0.4 is 0 Å². The molecule has 116 valence electrons. The van der Waals surface area contributed by atoms with Crippen LogP contribution in [0.3, 0.4) is 0 Å². The summed E-state index contributed by atoms with van der Waals surface area (Å²) in [5.74, 6) is 0.361. The second kappa shape index (κ2) is 6.59. The first-order chi connectivity index (χ1) is 9.30. The Bertz CT molecular complexity index is 349. The van der Waals surface area contributed by atoms with Gasteiger partial charge in [0.05, 0.1) is 0 Å². The highest BCUT2D eigenvalue weighted by molar-refractivity contribution is 5.70. The maximum atomic E-state index is 12.5. The van der Waals surface area contributed by atoms with Crippen molar-refractivity contribution in [3.05, 3.63) is 0 Å². The molecule has 0 radical (unpaired) electrons. The van der Waals surface area contributed by atoms with Gasteiger partial charge >= 0.3 is 6.09 Å². The lowest BCUT2D eigenvalue weighted by Gasteiger charge is -2.41. The van der Waals surface area contributed by atoms with Gasteiger partial charge in [-0.2, -0.15) is 0 Å². The Morgan fingerprint density at radius 2 is 2.10 bits per heavy atom. The molecule has 4 heteroatoms. The van der Waals surface area contributed by atoms with Crippen LogP contribution in [0.25, 0.3) is 0 Å². The van der Waals surface area contributed by atoms with Gasteiger partial charge in [-0.05, 0) is 53.2 Å². The molecule has 0 aliphatic carbocycles. The Morgan fingerprint density at radius 1 is 1.45 bits per heavy atom. The number of rotatable bonds is 5. The van der Waals surface area contributed by atoms with Gasteiger partial charge in [0.2, 0.25) is 0 Å². The molecule has 1 heterocycles. The Morgan fingerprint density at radius 3 is 2.55 bits per heavy atom. The number of carbonyl (C=O) groups is 1. The van der Waals surface area contributed by atoms with Gasteiger partial charge in [0, 0.05) is 12.5 Å². The quantitative estimate of drug-likeness (QED) is 0.708. The van der Waals surface area contributed by atoms with Crippen molar-refractivity contribution in [3.63, 3.8) is 0 Å². The van der Waals surface area contributed by atoms with Crippen molar-refractivity contribution in [1.29, 1.82) is 0 Å². The number of nitrogens with zero attached hydrogens (tertiary/aromatic N) is 2. The smallest absolute Gasteiger partial charge is 0.412 e. The van der Waals surface area contributed by atoms with E-state index < -0.39 is 11.3 Å². The minimum atomic E-state index is -0.473. The van der Waals surface area contributed by atoms with Crippen molar-refractivity contribution in [2.75, 3.05) is 6.54 Å². The molecule has 0 bridgehead atoms. The van der Waals surface area contributed by atoms with Crippen LogP contribution in [-0.4, -0.2) is 35.5 Å². The molecule has 1 amide bonds. The van der Waals surface area contributed by atoms with Crippen LogP contribution in [0.5, 0.6) is 0 Å². The second-order valence-electron chi connectivity index (χ2n) is 6.67. The first-order valence-corrected chi connectivity index (χ1v) is 7.79. The minimum Gasteiger partial charge on any atom is -0.444 e. The summed E-state index contributed by atoms with van der Waals surface area (Å²) in [6, 6.07) is 0. The molecule has 1 saturated heterocycles. The van der Waals surface area contributed by atoms with E-state index in [0.29, 0.717) is 12.5 Å². The van der Waals surface area contributed by atoms with Crippen molar-refractivity contribution in [3.8, 4) is 0 Å². The molecule has 0 aromatic heterocycles. The third-order valence-corrected chi connectivity index (χ3v) is 4.07. The lowest BCUT2D eigenvalue weighted by molar-refractivity contribution is -0.00450. The molecule has 20 heavy (non-hydrogen) atoms. The van der Waals surface area contributed by atoms with Gasteiger partial charge < -0.3 is 4.74 Å². The number of likely N-dealkylation sites (tertiary alicyclic amines) is 1. The fraction of sp³-hybridized carbons (Fsp3) is 0.875. The molecule has 1 rings (SSSR count). The fourth-order valence-corrected chi connectivity index (χ4v) is 3.22. The van der Waals surface area contributed by atoms with Gasteiger partial charge in [-0.25, -0.2) is 4.79 Å². The third kappa shape index (κ3) is 3.53. The third-order valence-electron chi connectivity index (χ3n) is 4.07. The summed E-state index contributed by atoms with van der Waals surface area (Å²) >= 11 is 0. The van der Waals surface area contributed by atoms with E-state index in [4.69, 9.17) is 4.74 Å². The molecule has 1 aliphatic heterocycles. The van der Waals surface area contributed by atoms with E-state index >= 15 is 0 Å². The van der Waals surface area contributed by atoms with Crippen LogP contribution in [0.2, 0.25) is 0 Å². The monoisotopic (exact) mass is 282 g/mol. The average molecular weight is 282 g/mol. The Balaban J connectivity index is 2.99. The van der Waals surface area contributed by atoms with Gasteiger partial charge in [-0.3, -0.25) is 9.89 Å². The zero-order valence-electron chi connectivity index (χ0n) is 13.7. The van der Waals surface area contributed by atoms with E-state index in [-0.39, 0.29) is 6.09 Å². The molecule has 1 unspecified atom stereocenters. The van der Waals surface area contributed by atoms with Crippen molar-refractivity contribution in [1.82, 2.24) is 4.90 Å². The van der Waals surface area contributed by atoms with Gasteiger partial charge in [0.25, 0.3) is 0 Å². The summed E-state index contributed by atoms with van der Waals surface area (Å²) in [7, 11) is 0. The zero-order chi connectivity index (χ0) is 15.4. The van der Waals surface area contributed by atoms with Gasteiger partial charge in [-0.15, -0.1) is 0 Å². The fourth-order valence-electron chi connectivity index (χ4n) is 3.22. The van der Waals surface area contributed by atoms with Crippen LogP contribution in [0.1, 0.15) is 66.7 Å². The zero-order valence-corrected chi connectivity index (χ0v) is 13.7. The molecular weight excluding hydrogens is 252 g/mol. The number of amides is 1. The topological polar surface area (TPSA) is 41.9 Å². The molecular formula is C16H30N2O2. The van der Waals surface area contributed by atoms with E-state index in [1.54, 1.807) is 0 Å². The standard InChI is InChI=1S/C16H30N2O2/c1-7-10-13(8-2)16(17-6)11-9-12-18(16)14(19)20-15(3,4)5/h13H,6-12H2,1-5H3/t13?,16-/m0/s1. The summed E-state index contributed by atoms with van der Waals surface area (Å²) in [6.07, 6.45) is 4.78. The van der Waals surface area contributed by atoms with Crippen molar-refractivity contribution >= 4 is 12.8 Å². The number of hydrogen-bond donors (Lipinski definition) is 0. The number of hydrogen-bond acceptors (Lipinski definition) is 3. The molecule has 0 aromatic rings. The first-order valence-electron chi connectivity index (χ1n) is 7.79. The highest BCUT2D eigenvalue weighted by Crippen LogP contribution is 2.41. The summed E-state index contributed by atoms with van der Waals surface area (Å²) in [6.45, 7) is 14.5. The van der Waals surface area contributed by atoms with E-state index in [2.05, 4.69) is 25.6 Å². The lowest BCUT2D eigenvalue weighted by Crippen LogP contribution is -2.52. The molecule has 1 fully saturated rings. The minimum absolute atomic E-state index is 0.253. The molecule has 0 aromatic carbocycles. The Labute approximate surface area is 123 Å². The van der Waals surface area contributed by atoms with E-state index in [0.717, 1.165) is 32.1 Å². The molecule has 0 saturated carbocycles. The maximum Gasteiger partial charge on any atom is 0.412 e. The predicted molar refractivity (Wildman–Crippen MR) is 83.1 cm³/mol. The van der Waals surface area contributed by atoms with Crippen molar-refractivity contribution in [2.45, 2.75) is 78.0 Å². The average Bonchev–Trinajstić information content (AvgIpc) is 2.78. The Kier molecular flexibility index (Phi) is 5.60. The lowest BCUT2D eigenvalue weighted by atomic mass is 9.84. The molecule has 4 nitrogen and oxygen atoms in total. The highest BCUT2D eigenvalue weighted by atomic mass is 16.6. The van der Waals surface area contributed by atoms with Gasteiger partial charge in [0.1, 0.15) is 11.3 Å². The van der Waals surface area contributed by atoms with Crippen LogP contribution in [0, 0.1) is 5.92 Å². The van der Waals surface area contributed by atoms with Crippen LogP contribution >= 0.6 is 0 Å². The number of aliphatic imine (C=N–C) groups is 1. The van der Waals surface area contributed by atoms with E-state index in [9.17, 15) is 4.79 Å². The molecule has 0 spiro atoms. The van der Waals surface area contributed by atoms with E-state index in [1.807, 2.05) is 25.7 Å². The SMILES string of the molecule is C=N[C@@]1(C(CC)CCC)CCCN1C(=O)OC(C)(C)C. The van der Waals surface area contributed by atoms with Crippen LogP contribution in [0.15, 0.2) is 4.99 Å². The number of ether oxygens (including phenoxy) is 1. The van der Waals surface area contributed by atoms with Crippen LogP contribution in [0.4, 0.5) is 4.79 Å². The molecule has 2 atom stereocenters. The van der Waals surface area contributed by atoms with E-state index in [1.165, 1.54) is 0 Å². The Hall–Kier alpha value is -1.06. The van der Waals surface area contributed by atoms with Crippen molar-refractivity contribution < 1.29 is 9.53 Å². The highest BCUT2D eigenvalue weighted by Gasteiger charge is 2.48. The van der Waals surface area contributed by atoms with Gasteiger partial charge in [0.15, 0.2) is 0 Å². The second-order valence-corrected chi connectivity index (χ2v) is 6.67. The van der Waals surface area contributed by atoms with Crippen molar-refractivity contribution in [2.24, 2.45) is 10.9 Å². The predicted octanol–water partition coefficient (Wildman–Crippen LogP) is 4.24. The first kappa shape index (κ1) is 17.0. The number of carbonyl (C=O) groups excluding carboxylic acids is 1. The maximum absolute atomic E-state index is 12.5. The van der Waals surface area contributed by atoms with Gasteiger partial charge in [-0.1, -0.05) is 20.3 Å². The van der Waals surface area contributed by atoms with Crippen LogP contribution in [-0.2, 0) is 4.74 Å².